The second-order valence-electron chi connectivity index (χ2n) is 4.84. The zero-order chi connectivity index (χ0) is 15.0. The molecule has 0 unspecified atom stereocenters. The maximum Gasteiger partial charge on any atom is 0.330 e. The number of hydrogen-bond donors (Lipinski definition) is 3. The summed E-state index contributed by atoms with van der Waals surface area (Å²) in [5.74, 6) is 0. The predicted molar refractivity (Wildman–Crippen MR) is 76.3 cm³/mol. The fraction of sp³-hybridized carbons (Fsp3) is 0.385. The van der Waals surface area contributed by atoms with Crippen molar-refractivity contribution in [2.45, 2.75) is 24.9 Å². The Balaban J connectivity index is 2.02. The van der Waals surface area contributed by atoms with Crippen molar-refractivity contribution in [3.63, 3.8) is 0 Å². The molecule has 0 amide bonds. The molecule has 2 aromatic rings. The average molecular weight is 310 g/mol. The SMILES string of the molecule is O=c1[nH]c(=O)n([C@H]2C[C@H](O)[C@@H](CO)O2)cc1-c1ccsc1. The van der Waals surface area contributed by atoms with E-state index in [1.807, 2.05) is 5.38 Å². The molecule has 1 saturated heterocycles. The Morgan fingerprint density at radius 1 is 1.48 bits per heavy atom. The number of nitrogens with zero attached hydrogens (tertiary/aromatic N) is 1. The van der Waals surface area contributed by atoms with Gasteiger partial charge >= 0.3 is 5.69 Å². The van der Waals surface area contributed by atoms with Crippen molar-refractivity contribution in [3.05, 3.63) is 43.9 Å². The molecule has 2 aromatic heterocycles. The topological polar surface area (TPSA) is 105 Å². The molecule has 1 fully saturated rings. The van der Waals surface area contributed by atoms with Crippen LogP contribution in [0.25, 0.3) is 11.1 Å². The second-order valence-corrected chi connectivity index (χ2v) is 5.62. The van der Waals surface area contributed by atoms with Crippen LogP contribution in [0.1, 0.15) is 12.6 Å². The van der Waals surface area contributed by atoms with E-state index in [9.17, 15) is 14.7 Å². The van der Waals surface area contributed by atoms with Gasteiger partial charge in [0.1, 0.15) is 12.3 Å². The van der Waals surface area contributed by atoms with Crippen LogP contribution in [0.15, 0.2) is 32.6 Å². The summed E-state index contributed by atoms with van der Waals surface area (Å²) < 4.78 is 6.69. The van der Waals surface area contributed by atoms with E-state index in [4.69, 9.17) is 9.84 Å². The summed E-state index contributed by atoms with van der Waals surface area (Å²) in [6, 6.07) is 1.78. The van der Waals surface area contributed by atoms with E-state index in [1.165, 1.54) is 22.1 Å². The minimum atomic E-state index is -0.844. The third kappa shape index (κ3) is 2.58. The summed E-state index contributed by atoms with van der Waals surface area (Å²) in [4.78, 5) is 26.1. The number of aliphatic hydroxyl groups is 2. The molecule has 0 spiro atoms. The number of aromatic nitrogens is 2. The summed E-state index contributed by atoms with van der Waals surface area (Å²) in [6.45, 7) is -0.326. The molecule has 1 aliphatic rings. The fourth-order valence-corrected chi connectivity index (χ4v) is 3.03. The van der Waals surface area contributed by atoms with Crippen molar-refractivity contribution < 1.29 is 14.9 Å². The van der Waals surface area contributed by atoms with Crippen LogP contribution < -0.4 is 11.2 Å². The van der Waals surface area contributed by atoms with Gasteiger partial charge in [-0.25, -0.2) is 4.79 Å². The Morgan fingerprint density at radius 2 is 2.29 bits per heavy atom. The monoisotopic (exact) mass is 310 g/mol. The van der Waals surface area contributed by atoms with Gasteiger partial charge in [-0.15, -0.1) is 0 Å². The molecule has 3 heterocycles. The second kappa shape index (κ2) is 5.57. The number of rotatable bonds is 3. The zero-order valence-corrected chi connectivity index (χ0v) is 11.7. The maximum absolute atomic E-state index is 11.9. The Labute approximate surface area is 123 Å². The molecule has 0 radical (unpaired) electrons. The molecule has 8 heteroatoms. The van der Waals surface area contributed by atoms with Gasteiger partial charge in [0.05, 0.1) is 18.3 Å². The number of ether oxygens (including phenoxy) is 1. The quantitative estimate of drug-likeness (QED) is 0.735. The number of H-pyrrole nitrogens is 1. The molecule has 0 aromatic carbocycles. The highest BCUT2D eigenvalue weighted by Gasteiger charge is 2.35. The molecule has 3 rings (SSSR count). The van der Waals surface area contributed by atoms with E-state index in [-0.39, 0.29) is 13.0 Å². The molecule has 0 bridgehead atoms. The summed E-state index contributed by atoms with van der Waals surface area (Å²) >= 11 is 1.45. The van der Waals surface area contributed by atoms with Gasteiger partial charge < -0.3 is 14.9 Å². The molecule has 21 heavy (non-hydrogen) atoms. The molecular weight excluding hydrogens is 296 g/mol. The summed E-state index contributed by atoms with van der Waals surface area (Å²) in [7, 11) is 0. The van der Waals surface area contributed by atoms with Crippen LogP contribution >= 0.6 is 11.3 Å². The van der Waals surface area contributed by atoms with E-state index >= 15 is 0 Å². The smallest absolute Gasteiger partial charge is 0.330 e. The first-order valence-electron chi connectivity index (χ1n) is 6.42. The third-order valence-electron chi connectivity index (χ3n) is 3.49. The standard InChI is InChI=1S/C13H14N2O5S/c16-5-10-9(17)3-11(20-10)15-4-8(7-1-2-21-6-7)12(18)14-13(15)19/h1-2,4,6,9-11,16-17H,3,5H2,(H,14,18,19)/t9-,10+,11+/m0/s1. The van der Waals surface area contributed by atoms with E-state index in [1.54, 1.807) is 11.4 Å². The molecule has 3 N–H and O–H groups in total. The Bertz CT molecular complexity index is 736. The minimum absolute atomic E-state index is 0.181. The lowest BCUT2D eigenvalue weighted by atomic mass is 10.2. The van der Waals surface area contributed by atoms with Crippen molar-refractivity contribution in [1.29, 1.82) is 0 Å². The lowest BCUT2D eigenvalue weighted by molar-refractivity contribution is -0.0458. The molecule has 7 nitrogen and oxygen atoms in total. The highest BCUT2D eigenvalue weighted by molar-refractivity contribution is 7.08. The van der Waals surface area contributed by atoms with E-state index in [0.717, 1.165) is 0 Å². The highest BCUT2D eigenvalue weighted by Crippen LogP contribution is 2.28. The van der Waals surface area contributed by atoms with Crippen LogP contribution in [0.4, 0.5) is 0 Å². The lowest BCUT2D eigenvalue weighted by Gasteiger charge is -2.15. The van der Waals surface area contributed by atoms with Gasteiger partial charge in [-0.3, -0.25) is 14.3 Å². The van der Waals surface area contributed by atoms with Crippen molar-refractivity contribution >= 4 is 11.3 Å². The zero-order valence-electron chi connectivity index (χ0n) is 10.9. The normalized spacial score (nSPS) is 25.3. The highest BCUT2D eigenvalue weighted by atomic mass is 32.1. The van der Waals surface area contributed by atoms with Gasteiger partial charge in [0, 0.05) is 12.6 Å². The summed E-state index contributed by atoms with van der Waals surface area (Å²) in [5.41, 5.74) is 0.00955. The number of thiophene rings is 1. The Hall–Kier alpha value is -1.74. The van der Waals surface area contributed by atoms with Crippen molar-refractivity contribution in [3.8, 4) is 11.1 Å². The van der Waals surface area contributed by atoms with Crippen molar-refractivity contribution in [2.24, 2.45) is 0 Å². The van der Waals surface area contributed by atoms with Crippen LogP contribution in [0.5, 0.6) is 0 Å². The molecule has 0 saturated carbocycles. The van der Waals surface area contributed by atoms with Gasteiger partial charge in [-0.2, -0.15) is 11.3 Å². The van der Waals surface area contributed by atoms with Gasteiger partial charge in [-0.05, 0) is 22.4 Å². The van der Waals surface area contributed by atoms with E-state index in [0.29, 0.717) is 11.1 Å². The number of aromatic amines is 1. The van der Waals surface area contributed by atoms with E-state index < -0.39 is 29.7 Å². The van der Waals surface area contributed by atoms with Crippen LogP contribution in [0, 0.1) is 0 Å². The molecule has 0 aliphatic carbocycles. The van der Waals surface area contributed by atoms with Crippen molar-refractivity contribution in [1.82, 2.24) is 9.55 Å². The largest absolute Gasteiger partial charge is 0.394 e. The fourth-order valence-electron chi connectivity index (χ4n) is 2.37. The molecule has 1 aliphatic heterocycles. The first-order chi connectivity index (χ1) is 10.1. The van der Waals surface area contributed by atoms with Crippen molar-refractivity contribution in [2.75, 3.05) is 6.61 Å². The third-order valence-corrected chi connectivity index (χ3v) is 4.18. The Kier molecular flexibility index (Phi) is 3.77. The average Bonchev–Trinajstić information content (AvgIpc) is 3.08. The van der Waals surface area contributed by atoms with Crippen LogP contribution in [-0.2, 0) is 4.74 Å². The van der Waals surface area contributed by atoms with Crippen LogP contribution in [0.3, 0.4) is 0 Å². The van der Waals surface area contributed by atoms with Gasteiger partial charge in [0.2, 0.25) is 0 Å². The predicted octanol–water partition coefficient (Wildman–Crippen LogP) is -0.0942. The van der Waals surface area contributed by atoms with Crippen LogP contribution in [-0.4, -0.2) is 38.6 Å². The van der Waals surface area contributed by atoms with Gasteiger partial charge in [0.25, 0.3) is 5.56 Å². The summed E-state index contributed by atoms with van der Waals surface area (Å²) in [5, 5.41) is 22.5. The van der Waals surface area contributed by atoms with E-state index in [2.05, 4.69) is 4.98 Å². The minimum Gasteiger partial charge on any atom is -0.394 e. The first kappa shape index (κ1) is 14.2. The molecular formula is C13H14N2O5S. The maximum atomic E-state index is 11.9. The number of aliphatic hydroxyl groups excluding tert-OH is 2. The van der Waals surface area contributed by atoms with Gasteiger partial charge in [0.15, 0.2) is 0 Å². The molecule has 112 valence electrons. The van der Waals surface area contributed by atoms with Crippen LogP contribution in [0.2, 0.25) is 0 Å². The first-order valence-corrected chi connectivity index (χ1v) is 7.37. The lowest BCUT2D eigenvalue weighted by Crippen LogP contribution is -2.33. The number of nitrogens with one attached hydrogen (secondary N) is 1. The number of hydrogen-bond acceptors (Lipinski definition) is 6. The molecule has 3 atom stereocenters. The van der Waals surface area contributed by atoms with Gasteiger partial charge in [-0.1, -0.05) is 0 Å². The Morgan fingerprint density at radius 3 is 2.90 bits per heavy atom. The summed E-state index contributed by atoms with van der Waals surface area (Å²) in [6.07, 6.45) is -0.665.